The maximum Gasteiger partial charge on any atom is 0.251 e. The summed E-state index contributed by atoms with van der Waals surface area (Å²) in [5.74, 6) is -0.344. The molecule has 3 N–H and O–H groups in total. The highest BCUT2D eigenvalue weighted by Gasteiger charge is 2.15. The number of carbonyl (C=O) groups is 1. The predicted octanol–water partition coefficient (Wildman–Crippen LogP) is 1.57. The lowest BCUT2D eigenvalue weighted by Crippen LogP contribution is -2.23. The summed E-state index contributed by atoms with van der Waals surface area (Å²) in [6, 6.07) is 13.9. The van der Waals surface area contributed by atoms with Crippen LogP contribution in [0.15, 0.2) is 53.4 Å². The van der Waals surface area contributed by atoms with Gasteiger partial charge >= 0.3 is 0 Å². The molecule has 0 saturated heterocycles. The zero-order chi connectivity index (χ0) is 15.5. The molecule has 2 aromatic carbocycles. The molecule has 0 fully saturated rings. The summed E-state index contributed by atoms with van der Waals surface area (Å²) in [5, 5.41) is 7.87. The first-order valence-electron chi connectivity index (χ1n) is 6.33. The van der Waals surface area contributed by atoms with Crippen molar-refractivity contribution in [3.05, 3.63) is 65.2 Å². The van der Waals surface area contributed by atoms with E-state index in [1.807, 2.05) is 30.3 Å². The van der Waals surface area contributed by atoms with Gasteiger partial charge in [-0.05, 0) is 30.2 Å². The second-order valence-corrected chi connectivity index (χ2v) is 6.22. The molecule has 0 unspecified atom stereocenters. The van der Waals surface area contributed by atoms with Crippen LogP contribution in [0.25, 0.3) is 0 Å². The summed E-state index contributed by atoms with van der Waals surface area (Å²) < 4.78 is 22.9. The van der Waals surface area contributed by atoms with Crippen LogP contribution in [0, 0.1) is 6.92 Å². The van der Waals surface area contributed by atoms with E-state index in [2.05, 4.69) is 5.32 Å². The number of nitrogens with two attached hydrogens (primary N) is 1. The smallest absolute Gasteiger partial charge is 0.251 e. The third-order valence-electron chi connectivity index (χ3n) is 3.05. The zero-order valence-corrected chi connectivity index (χ0v) is 12.4. The number of rotatable bonds is 4. The minimum Gasteiger partial charge on any atom is -0.348 e. The highest BCUT2D eigenvalue weighted by atomic mass is 32.2. The number of sulfonamides is 1. The molecule has 21 heavy (non-hydrogen) atoms. The fraction of sp³-hybridized carbons (Fsp3) is 0.133. The Hall–Kier alpha value is -2.18. The van der Waals surface area contributed by atoms with E-state index in [0.29, 0.717) is 12.1 Å². The van der Waals surface area contributed by atoms with Gasteiger partial charge in [0.15, 0.2) is 0 Å². The predicted molar refractivity (Wildman–Crippen MR) is 80.2 cm³/mol. The van der Waals surface area contributed by atoms with Crippen molar-refractivity contribution >= 4 is 15.9 Å². The van der Waals surface area contributed by atoms with Gasteiger partial charge in [-0.25, -0.2) is 13.6 Å². The number of amides is 1. The molecule has 0 aliphatic rings. The highest BCUT2D eigenvalue weighted by Crippen LogP contribution is 2.15. The van der Waals surface area contributed by atoms with Crippen LogP contribution in [-0.2, 0) is 16.6 Å². The van der Waals surface area contributed by atoms with Crippen molar-refractivity contribution in [2.75, 3.05) is 0 Å². The minimum absolute atomic E-state index is 0.0325. The fourth-order valence-corrected chi connectivity index (χ4v) is 2.74. The second kappa shape index (κ2) is 6.07. The average molecular weight is 304 g/mol. The van der Waals surface area contributed by atoms with Crippen LogP contribution in [0.2, 0.25) is 0 Å². The lowest BCUT2D eigenvalue weighted by atomic mass is 10.1. The van der Waals surface area contributed by atoms with Gasteiger partial charge in [-0.3, -0.25) is 4.79 Å². The second-order valence-electron chi connectivity index (χ2n) is 4.69. The average Bonchev–Trinajstić information content (AvgIpc) is 2.45. The third kappa shape index (κ3) is 3.90. The quantitative estimate of drug-likeness (QED) is 0.898. The summed E-state index contributed by atoms with van der Waals surface area (Å²) in [6.45, 7) is 2.00. The minimum atomic E-state index is -3.84. The van der Waals surface area contributed by atoms with Gasteiger partial charge in [0.05, 0.1) is 4.90 Å². The van der Waals surface area contributed by atoms with E-state index < -0.39 is 10.0 Å². The largest absolute Gasteiger partial charge is 0.348 e. The van der Waals surface area contributed by atoms with Crippen molar-refractivity contribution in [3.8, 4) is 0 Å². The molecule has 0 radical (unpaired) electrons. The third-order valence-corrected chi connectivity index (χ3v) is 4.11. The molecule has 0 saturated carbocycles. The van der Waals surface area contributed by atoms with E-state index in [-0.39, 0.29) is 16.4 Å². The Kier molecular flexibility index (Phi) is 4.40. The van der Waals surface area contributed by atoms with Crippen molar-refractivity contribution in [2.45, 2.75) is 18.4 Å². The van der Waals surface area contributed by atoms with Gasteiger partial charge in [-0.2, -0.15) is 0 Å². The van der Waals surface area contributed by atoms with Crippen molar-refractivity contribution in [2.24, 2.45) is 5.14 Å². The monoisotopic (exact) mass is 304 g/mol. The normalized spacial score (nSPS) is 11.1. The van der Waals surface area contributed by atoms with E-state index in [0.717, 1.165) is 5.56 Å². The lowest BCUT2D eigenvalue weighted by molar-refractivity contribution is 0.0950. The van der Waals surface area contributed by atoms with Crippen LogP contribution in [0.4, 0.5) is 0 Å². The molecule has 2 aromatic rings. The Morgan fingerprint density at radius 1 is 1.14 bits per heavy atom. The Bertz CT molecular complexity index is 756. The molecule has 0 aliphatic carbocycles. The molecule has 0 aliphatic heterocycles. The maximum absolute atomic E-state index is 12.1. The standard InChI is InChI=1S/C15H16N2O3S/c1-11-7-8-13(9-14(11)21(16,19)20)15(18)17-10-12-5-3-2-4-6-12/h2-9H,10H2,1H3,(H,17,18)(H2,16,19,20). The van der Waals surface area contributed by atoms with Gasteiger partial charge in [0.2, 0.25) is 10.0 Å². The topological polar surface area (TPSA) is 89.3 Å². The number of nitrogens with one attached hydrogen (secondary N) is 1. The van der Waals surface area contributed by atoms with Crippen LogP contribution in [0.1, 0.15) is 21.5 Å². The first kappa shape index (κ1) is 15.2. The SMILES string of the molecule is Cc1ccc(C(=O)NCc2ccccc2)cc1S(N)(=O)=O. The molecule has 0 heterocycles. The van der Waals surface area contributed by atoms with Crippen molar-refractivity contribution < 1.29 is 13.2 Å². The van der Waals surface area contributed by atoms with Crippen LogP contribution < -0.4 is 10.5 Å². The Balaban J connectivity index is 2.17. The zero-order valence-electron chi connectivity index (χ0n) is 11.5. The van der Waals surface area contributed by atoms with Gasteiger partial charge in [-0.1, -0.05) is 36.4 Å². The van der Waals surface area contributed by atoms with Gasteiger partial charge in [0, 0.05) is 12.1 Å². The van der Waals surface area contributed by atoms with E-state index in [9.17, 15) is 13.2 Å². The molecule has 0 bridgehead atoms. The van der Waals surface area contributed by atoms with Crippen molar-refractivity contribution in [1.82, 2.24) is 5.32 Å². The van der Waals surface area contributed by atoms with Gasteiger partial charge in [0.25, 0.3) is 5.91 Å². The number of carbonyl (C=O) groups excluding carboxylic acids is 1. The molecule has 0 spiro atoms. The molecular weight excluding hydrogens is 288 g/mol. The van der Waals surface area contributed by atoms with E-state index in [4.69, 9.17) is 5.14 Å². The van der Waals surface area contributed by atoms with E-state index in [1.165, 1.54) is 6.07 Å². The molecule has 5 nitrogen and oxygen atoms in total. The summed E-state index contributed by atoms with van der Waals surface area (Å²) in [5.41, 5.74) is 1.74. The number of primary sulfonamides is 1. The number of aryl methyl sites for hydroxylation is 1. The first-order valence-corrected chi connectivity index (χ1v) is 7.88. The van der Waals surface area contributed by atoms with Gasteiger partial charge in [0.1, 0.15) is 0 Å². The molecule has 1 amide bonds. The molecule has 0 atom stereocenters. The Labute approximate surface area is 123 Å². The number of benzene rings is 2. The Morgan fingerprint density at radius 2 is 1.81 bits per heavy atom. The van der Waals surface area contributed by atoms with Crippen LogP contribution >= 0.6 is 0 Å². The van der Waals surface area contributed by atoms with Crippen molar-refractivity contribution in [3.63, 3.8) is 0 Å². The summed E-state index contributed by atoms with van der Waals surface area (Å²) in [4.78, 5) is 12.0. The summed E-state index contributed by atoms with van der Waals surface area (Å²) in [6.07, 6.45) is 0. The van der Waals surface area contributed by atoms with Crippen LogP contribution in [0.5, 0.6) is 0 Å². The molecule has 2 rings (SSSR count). The molecule has 110 valence electrons. The molecule has 0 aromatic heterocycles. The summed E-state index contributed by atoms with van der Waals surface area (Å²) in [7, 11) is -3.84. The highest BCUT2D eigenvalue weighted by molar-refractivity contribution is 7.89. The molecular formula is C15H16N2O3S. The van der Waals surface area contributed by atoms with Gasteiger partial charge < -0.3 is 5.32 Å². The summed E-state index contributed by atoms with van der Waals surface area (Å²) >= 11 is 0. The first-order chi connectivity index (χ1) is 9.88. The number of hydrogen-bond donors (Lipinski definition) is 2. The van der Waals surface area contributed by atoms with Crippen LogP contribution in [-0.4, -0.2) is 14.3 Å². The number of hydrogen-bond acceptors (Lipinski definition) is 3. The van der Waals surface area contributed by atoms with Crippen LogP contribution in [0.3, 0.4) is 0 Å². The van der Waals surface area contributed by atoms with E-state index >= 15 is 0 Å². The lowest BCUT2D eigenvalue weighted by Gasteiger charge is -2.08. The Morgan fingerprint density at radius 3 is 2.43 bits per heavy atom. The fourth-order valence-electron chi connectivity index (χ4n) is 1.93. The van der Waals surface area contributed by atoms with Crippen molar-refractivity contribution in [1.29, 1.82) is 0 Å². The van der Waals surface area contributed by atoms with E-state index in [1.54, 1.807) is 19.1 Å². The van der Waals surface area contributed by atoms with Gasteiger partial charge in [-0.15, -0.1) is 0 Å². The molecule has 6 heteroatoms. The maximum atomic E-state index is 12.1.